The van der Waals surface area contributed by atoms with Gasteiger partial charge in [-0.05, 0) is 43.7 Å². The molecule has 0 aromatic rings. The van der Waals surface area contributed by atoms with Gasteiger partial charge in [-0.2, -0.15) is 0 Å². The molecule has 2 atom stereocenters. The van der Waals surface area contributed by atoms with Gasteiger partial charge >= 0.3 is 0 Å². The second-order valence-corrected chi connectivity index (χ2v) is 6.70. The smallest absolute Gasteiger partial charge is 0.0220 e. The Kier molecular flexibility index (Phi) is 3.91. The molecule has 1 N–H and O–H groups in total. The molecule has 2 aliphatic rings. The van der Waals surface area contributed by atoms with Gasteiger partial charge in [0, 0.05) is 19.1 Å². The van der Waals surface area contributed by atoms with Gasteiger partial charge in [0.05, 0.1) is 0 Å². The lowest BCUT2D eigenvalue weighted by Gasteiger charge is -2.35. The molecule has 2 nitrogen and oxygen atoms in total. The topological polar surface area (TPSA) is 15.3 Å². The first-order valence-electron chi connectivity index (χ1n) is 7.02. The maximum Gasteiger partial charge on any atom is 0.0220 e. The zero-order chi connectivity index (χ0) is 11.6. The van der Waals surface area contributed by atoms with Crippen LogP contribution in [0.4, 0.5) is 0 Å². The van der Waals surface area contributed by atoms with Crippen molar-refractivity contribution in [3.05, 3.63) is 0 Å². The van der Waals surface area contributed by atoms with E-state index in [0.717, 1.165) is 12.0 Å². The zero-order valence-corrected chi connectivity index (χ0v) is 11.3. The Labute approximate surface area is 101 Å². The van der Waals surface area contributed by atoms with Crippen molar-refractivity contribution < 1.29 is 0 Å². The van der Waals surface area contributed by atoms with Crippen LogP contribution in [0.25, 0.3) is 0 Å². The number of nitrogens with one attached hydrogen (secondary N) is 1. The van der Waals surface area contributed by atoms with Crippen molar-refractivity contribution >= 4 is 0 Å². The van der Waals surface area contributed by atoms with Gasteiger partial charge in [0.1, 0.15) is 0 Å². The van der Waals surface area contributed by atoms with E-state index in [1.807, 2.05) is 0 Å². The van der Waals surface area contributed by atoms with Gasteiger partial charge in [0.2, 0.25) is 0 Å². The van der Waals surface area contributed by atoms with Crippen molar-refractivity contribution in [3.63, 3.8) is 0 Å². The quantitative estimate of drug-likeness (QED) is 0.680. The normalized spacial score (nSPS) is 33.9. The third-order valence-corrected chi connectivity index (χ3v) is 4.46. The lowest BCUT2D eigenvalue weighted by Crippen LogP contribution is -2.42. The SMILES string of the molecule is CC(C)(C)C1CCCC2CNCCCN2C1. The molecule has 2 saturated heterocycles. The summed E-state index contributed by atoms with van der Waals surface area (Å²) >= 11 is 0. The highest BCUT2D eigenvalue weighted by molar-refractivity contribution is 4.86. The minimum absolute atomic E-state index is 0.481. The number of fused-ring (bicyclic) bond motifs is 1. The highest BCUT2D eigenvalue weighted by Crippen LogP contribution is 2.34. The third kappa shape index (κ3) is 2.98. The van der Waals surface area contributed by atoms with Crippen molar-refractivity contribution in [2.75, 3.05) is 26.2 Å². The highest BCUT2D eigenvalue weighted by Gasteiger charge is 2.32. The van der Waals surface area contributed by atoms with E-state index < -0.39 is 0 Å². The number of hydrogen-bond acceptors (Lipinski definition) is 2. The fourth-order valence-electron chi connectivity index (χ4n) is 3.19. The lowest BCUT2D eigenvalue weighted by molar-refractivity contribution is 0.135. The van der Waals surface area contributed by atoms with Crippen LogP contribution in [0.2, 0.25) is 0 Å². The van der Waals surface area contributed by atoms with Crippen LogP contribution in [-0.4, -0.2) is 37.1 Å². The van der Waals surface area contributed by atoms with Crippen molar-refractivity contribution in [1.82, 2.24) is 10.2 Å². The summed E-state index contributed by atoms with van der Waals surface area (Å²) in [5, 5.41) is 3.59. The van der Waals surface area contributed by atoms with Gasteiger partial charge in [0.15, 0.2) is 0 Å². The number of nitrogens with zero attached hydrogens (tertiary/aromatic N) is 1. The standard InChI is InChI=1S/C14H28N2/c1-14(2,3)12-6-4-7-13-10-15-8-5-9-16(13)11-12/h12-13,15H,4-11H2,1-3H3. The van der Waals surface area contributed by atoms with E-state index in [1.165, 1.54) is 51.9 Å². The van der Waals surface area contributed by atoms with Gasteiger partial charge in [-0.25, -0.2) is 0 Å². The van der Waals surface area contributed by atoms with Crippen LogP contribution < -0.4 is 5.32 Å². The average molecular weight is 224 g/mol. The highest BCUT2D eigenvalue weighted by atomic mass is 15.2. The fourth-order valence-corrected chi connectivity index (χ4v) is 3.19. The molecule has 94 valence electrons. The molecule has 2 aliphatic heterocycles. The predicted octanol–water partition coefficient (Wildman–Crippen LogP) is 2.50. The monoisotopic (exact) mass is 224 g/mol. The summed E-state index contributed by atoms with van der Waals surface area (Å²) in [6.45, 7) is 12.3. The van der Waals surface area contributed by atoms with E-state index in [2.05, 4.69) is 31.0 Å². The van der Waals surface area contributed by atoms with Crippen LogP contribution in [0.5, 0.6) is 0 Å². The van der Waals surface area contributed by atoms with Crippen molar-refractivity contribution in [3.8, 4) is 0 Å². The average Bonchev–Trinajstić information content (AvgIpc) is 2.49. The maximum absolute atomic E-state index is 3.59. The first-order chi connectivity index (χ1) is 7.57. The van der Waals surface area contributed by atoms with Crippen molar-refractivity contribution in [2.45, 2.75) is 52.5 Å². The molecule has 2 heterocycles. The molecule has 0 spiro atoms. The fraction of sp³-hybridized carbons (Fsp3) is 1.00. The maximum atomic E-state index is 3.59. The molecular weight excluding hydrogens is 196 g/mol. The van der Waals surface area contributed by atoms with E-state index in [0.29, 0.717) is 5.41 Å². The molecule has 0 bridgehead atoms. The first-order valence-corrected chi connectivity index (χ1v) is 7.02. The summed E-state index contributed by atoms with van der Waals surface area (Å²) in [5.74, 6) is 0.885. The second kappa shape index (κ2) is 5.05. The summed E-state index contributed by atoms with van der Waals surface area (Å²) < 4.78 is 0. The molecule has 2 heteroatoms. The van der Waals surface area contributed by atoms with E-state index in [-0.39, 0.29) is 0 Å². The Morgan fingerprint density at radius 2 is 1.94 bits per heavy atom. The van der Waals surface area contributed by atoms with Crippen LogP contribution in [0, 0.1) is 11.3 Å². The van der Waals surface area contributed by atoms with E-state index >= 15 is 0 Å². The molecule has 0 aromatic heterocycles. The van der Waals surface area contributed by atoms with Crippen LogP contribution in [0.3, 0.4) is 0 Å². The van der Waals surface area contributed by atoms with E-state index in [1.54, 1.807) is 0 Å². The van der Waals surface area contributed by atoms with E-state index in [9.17, 15) is 0 Å². The number of rotatable bonds is 0. The molecule has 2 fully saturated rings. The molecule has 0 aliphatic carbocycles. The molecular formula is C14H28N2. The molecule has 2 unspecified atom stereocenters. The lowest BCUT2D eigenvalue weighted by atomic mass is 9.78. The molecule has 0 aromatic carbocycles. The van der Waals surface area contributed by atoms with Crippen molar-refractivity contribution in [2.24, 2.45) is 11.3 Å². The Morgan fingerprint density at radius 3 is 2.69 bits per heavy atom. The summed E-state index contributed by atoms with van der Waals surface area (Å²) in [6.07, 6.45) is 5.58. The second-order valence-electron chi connectivity index (χ2n) is 6.70. The molecule has 0 amide bonds. The molecule has 0 radical (unpaired) electrons. The van der Waals surface area contributed by atoms with Gasteiger partial charge in [-0.1, -0.05) is 27.2 Å². The zero-order valence-electron chi connectivity index (χ0n) is 11.3. The minimum atomic E-state index is 0.481. The predicted molar refractivity (Wildman–Crippen MR) is 69.6 cm³/mol. The van der Waals surface area contributed by atoms with Crippen LogP contribution in [0.1, 0.15) is 46.5 Å². The third-order valence-electron chi connectivity index (χ3n) is 4.46. The summed E-state index contributed by atoms with van der Waals surface area (Å²) in [5.41, 5.74) is 0.481. The van der Waals surface area contributed by atoms with Gasteiger partial charge in [-0.15, -0.1) is 0 Å². The Hall–Kier alpha value is -0.0800. The Morgan fingerprint density at radius 1 is 1.12 bits per heavy atom. The van der Waals surface area contributed by atoms with Crippen LogP contribution in [-0.2, 0) is 0 Å². The van der Waals surface area contributed by atoms with Crippen LogP contribution in [0.15, 0.2) is 0 Å². The van der Waals surface area contributed by atoms with Gasteiger partial charge in [0.25, 0.3) is 0 Å². The number of hydrogen-bond donors (Lipinski definition) is 1. The van der Waals surface area contributed by atoms with Gasteiger partial charge in [-0.3, -0.25) is 4.90 Å². The first kappa shape index (κ1) is 12.4. The Balaban J connectivity index is 2.03. The summed E-state index contributed by atoms with van der Waals surface area (Å²) in [7, 11) is 0. The van der Waals surface area contributed by atoms with Crippen LogP contribution >= 0.6 is 0 Å². The van der Waals surface area contributed by atoms with Crippen molar-refractivity contribution in [1.29, 1.82) is 0 Å². The Bertz CT molecular complexity index is 219. The molecule has 2 rings (SSSR count). The minimum Gasteiger partial charge on any atom is -0.315 e. The van der Waals surface area contributed by atoms with Gasteiger partial charge < -0.3 is 5.32 Å². The van der Waals surface area contributed by atoms with E-state index in [4.69, 9.17) is 0 Å². The largest absolute Gasteiger partial charge is 0.315 e. The molecule has 16 heavy (non-hydrogen) atoms. The summed E-state index contributed by atoms with van der Waals surface area (Å²) in [6, 6.07) is 0.815. The molecule has 0 saturated carbocycles. The summed E-state index contributed by atoms with van der Waals surface area (Å²) in [4.78, 5) is 2.77.